The summed E-state index contributed by atoms with van der Waals surface area (Å²) in [7, 11) is 0. The smallest absolute Gasteiger partial charge is 0.236 e. The highest BCUT2D eigenvalue weighted by Gasteiger charge is 2.51. The van der Waals surface area contributed by atoms with Gasteiger partial charge in [0, 0.05) is 13.2 Å². The Kier molecular flexibility index (Phi) is 3.83. The van der Waals surface area contributed by atoms with Gasteiger partial charge in [0.2, 0.25) is 12.7 Å². The molecule has 5 heteroatoms. The molecule has 0 spiro atoms. The molecule has 1 aliphatic heterocycles. The molecule has 0 unspecified atom stereocenters. The van der Waals surface area contributed by atoms with Crippen molar-refractivity contribution < 1.29 is 15.7 Å². The molecule has 2 heterocycles. The molecule has 0 saturated heterocycles. The third kappa shape index (κ3) is 2.80. The number of nitrogens with one attached hydrogen (secondary N) is 1. The first-order valence-corrected chi connectivity index (χ1v) is 9.39. The van der Waals surface area contributed by atoms with Crippen molar-refractivity contribution in [1.82, 2.24) is 4.98 Å². The lowest BCUT2D eigenvalue weighted by Gasteiger charge is -2.17. The van der Waals surface area contributed by atoms with Gasteiger partial charge in [0.05, 0.1) is 5.41 Å². The summed E-state index contributed by atoms with van der Waals surface area (Å²) in [6, 6.07) is 17.9. The van der Waals surface area contributed by atoms with Gasteiger partial charge in [0.15, 0.2) is 11.5 Å². The van der Waals surface area contributed by atoms with Crippen molar-refractivity contribution in [2.45, 2.75) is 25.2 Å². The summed E-state index contributed by atoms with van der Waals surface area (Å²) in [6.07, 6.45) is 3.44. The molecule has 1 fully saturated rings. The second kappa shape index (κ2) is 6.37. The number of anilines is 1. The third-order valence-corrected chi connectivity index (χ3v) is 5.53. The Labute approximate surface area is 164 Å². The van der Waals surface area contributed by atoms with Crippen LogP contribution in [0, 0.1) is 6.92 Å². The van der Waals surface area contributed by atoms with Crippen LogP contribution >= 0.6 is 0 Å². The fourth-order valence-corrected chi connectivity index (χ4v) is 3.69. The maximum atomic E-state index is 13.1. The predicted molar refractivity (Wildman–Crippen MR) is 109 cm³/mol. The Morgan fingerprint density at radius 1 is 1.04 bits per heavy atom. The van der Waals surface area contributed by atoms with Gasteiger partial charge in [-0.15, -0.1) is 0 Å². The van der Waals surface area contributed by atoms with Crippen LogP contribution in [0.1, 0.15) is 25.4 Å². The molecular formula is C23H22N2O3. The van der Waals surface area contributed by atoms with Crippen LogP contribution in [-0.4, -0.2) is 17.7 Å². The lowest BCUT2D eigenvalue weighted by atomic mass is 9.94. The lowest BCUT2D eigenvalue weighted by Crippen LogP contribution is -2.28. The number of ether oxygens (including phenoxy) is 2. The molecule has 3 aromatic rings. The zero-order valence-electron chi connectivity index (χ0n) is 15.6. The number of aromatic nitrogens is 1. The van der Waals surface area contributed by atoms with Crippen LogP contribution in [-0.2, 0) is 10.2 Å². The van der Waals surface area contributed by atoms with Gasteiger partial charge < -0.3 is 14.8 Å². The van der Waals surface area contributed by atoms with Crippen molar-refractivity contribution in [2.75, 3.05) is 12.1 Å². The van der Waals surface area contributed by atoms with E-state index in [2.05, 4.69) is 16.4 Å². The predicted octanol–water partition coefficient (Wildman–Crippen LogP) is 4.70. The van der Waals surface area contributed by atoms with Crippen LogP contribution in [0.3, 0.4) is 0 Å². The Bertz CT molecular complexity index is 1060. The van der Waals surface area contributed by atoms with E-state index in [-0.39, 0.29) is 14.1 Å². The minimum absolute atomic E-state index is 0. The first-order valence-electron chi connectivity index (χ1n) is 9.39. The maximum Gasteiger partial charge on any atom is 0.236 e. The highest BCUT2D eigenvalue weighted by Crippen LogP contribution is 2.51. The number of nitrogens with zero attached hydrogens (tertiary/aromatic N) is 1. The zero-order valence-corrected chi connectivity index (χ0v) is 15.6. The van der Waals surface area contributed by atoms with E-state index in [9.17, 15) is 4.79 Å². The number of hydrogen-bond donors (Lipinski definition) is 1. The molecule has 0 radical (unpaired) electrons. The molecule has 0 atom stereocenters. The molecule has 142 valence electrons. The highest BCUT2D eigenvalue weighted by atomic mass is 16.7. The van der Waals surface area contributed by atoms with E-state index >= 15 is 0 Å². The van der Waals surface area contributed by atoms with Crippen LogP contribution < -0.4 is 14.8 Å². The van der Waals surface area contributed by atoms with Gasteiger partial charge in [-0.25, -0.2) is 4.98 Å². The minimum Gasteiger partial charge on any atom is -0.454 e. The number of pyridine rings is 1. The average Bonchev–Trinajstić information content (AvgIpc) is 3.41. The third-order valence-electron chi connectivity index (χ3n) is 5.53. The number of benzene rings is 2. The normalized spacial score (nSPS) is 15.9. The average molecular weight is 374 g/mol. The van der Waals surface area contributed by atoms with Gasteiger partial charge in [0.1, 0.15) is 5.82 Å². The second-order valence-electron chi connectivity index (χ2n) is 7.36. The van der Waals surface area contributed by atoms with E-state index in [1.807, 2.05) is 55.5 Å². The quantitative estimate of drug-likeness (QED) is 0.719. The second-order valence-corrected chi connectivity index (χ2v) is 7.36. The van der Waals surface area contributed by atoms with Crippen molar-refractivity contribution in [1.29, 1.82) is 0 Å². The molecule has 2 aliphatic rings. The fraction of sp³-hybridized carbons (Fsp3) is 0.217. The number of rotatable bonds is 4. The number of fused-ring (bicyclic) bond motifs is 1. The standard InChI is InChI=1S/C23H20N2O3.H2/c1-15-11-17(16-5-3-2-4-6-16)13-24-21(15)25-22(26)23(9-10-23)18-7-8-19-20(12-18)28-14-27-19;/h2-8,11-13H,9-10,14H2,1H3,(H,24,25,26);1H. The summed E-state index contributed by atoms with van der Waals surface area (Å²) in [5.74, 6) is 2.03. The Morgan fingerprint density at radius 2 is 1.82 bits per heavy atom. The minimum atomic E-state index is -0.507. The van der Waals surface area contributed by atoms with Crippen molar-refractivity contribution in [2.24, 2.45) is 0 Å². The molecular weight excluding hydrogens is 352 g/mol. The van der Waals surface area contributed by atoms with Crippen molar-refractivity contribution in [3.63, 3.8) is 0 Å². The monoisotopic (exact) mass is 374 g/mol. The van der Waals surface area contributed by atoms with Crippen LogP contribution in [0.5, 0.6) is 11.5 Å². The summed E-state index contributed by atoms with van der Waals surface area (Å²) in [5, 5.41) is 3.04. The van der Waals surface area contributed by atoms with Crippen molar-refractivity contribution in [3.05, 3.63) is 71.9 Å². The zero-order chi connectivity index (χ0) is 19.1. The molecule has 5 nitrogen and oxygen atoms in total. The van der Waals surface area contributed by atoms with Gasteiger partial charge in [-0.2, -0.15) is 0 Å². The number of hydrogen-bond acceptors (Lipinski definition) is 4. The van der Waals surface area contributed by atoms with Gasteiger partial charge in [-0.3, -0.25) is 4.79 Å². The van der Waals surface area contributed by atoms with Gasteiger partial charge in [-0.1, -0.05) is 36.4 Å². The molecule has 2 aromatic carbocycles. The van der Waals surface area contributed by atoms with E-state index in [0.717, 1.165) is 40.8 Å². The van der Waals surface area contributed by atoms with E-state index < -0.39 is 5.41 Å². The molecule has 5 rings (SSSR count). The van der Waals surface area contributed by atoms with Gasteiger partial charge in [0.25, 0.3) is 0 Å². The van der Waals surface area contributed by atoms with Crippen molar-refractivity contribution >= 4 is 11.7 Å². The molecule has 1 aliphatic carbocycles. The summed E-state index contributed by atoms with van der Waals surface area (Å²) in [6.45, 7) is 2.20. The molecule has 1 amide bonds. The van der Waals surface area contributed by atoms with Crippen LogP contribution in [0.4, 0.5) is 5.82 Å². The Morgan fingerprint density at radius 3 is 2.57 bits per heavy atom. The number of carbonyl (C=O) groups is 1. The topological polar surface area (TPSA) is 60.5 Å². The molecule has 28 heavy (non-hydrogen) atoms. The van der Waals surface area contributed by atoms with E-state index in [4.69, 9.17) is 9.47 Å². The summed E-state index contributed by atoms with van der Waals surface area (Å²) >= 11 is 0. The number of carbonyl (C=O) groups excluding carboxylic acids is 1. The Hall–Kier alpha value is -3.34. The van der Waals surface area contributed by atoms with Gasteiger partial charge >= 0.3 is 0 Å². The number of aryl methyl sites for hydroxylation is 1. The Balaban J connectivity index is 0.00000205. The maximum absolute atomic E-state index is 13.1. The summed E-state index contributed by atoms with van der Waals surface area (Å²) in [5.41, 5.74) is 3.54. The first-order chi connectivity index (χ1) is 13.7. The SMILES string of the molecule is Cc1cc(-c2ccccc2)cnc1NC(=O)C1(c2ccc3c(c2)OCO3)CC1.[HH]. The molecule has 0 bridgehead atoms. The summed E-state index contributed by atoms with van der Waals surface area (Å²) < 4.78 is 10.8. The van der Waals surface area contributed by atoms with Crippen LogP contribution in [0.15, 0.2) is 60.8 Å². The molecule has 1 aromatic heterocycles. The van der Waals surface area contributed by atoms with Crippen molar-refractivity contribution in [3.8, 4) is 22.6 Å². The van der Waals surface area contributed by atoms with E-state index in [1.54, 1.807) is 6.20 Å². The fourth-order valence-electron chi connectivity index (χ4n) is 3.69. The number of amides is 1. The van der Waals surface area contributed by atoms with Crippen LogP contribution in [0.25, 0.3) is 11.1 Å². The van der Waals surface area contributed by atoms with Gasteiger partial charge in [-0.05, 0) is 54.7 Å². The lowest BCUT2D eigenvalue weighted by molar-refractivity contribution is -0.118. The first kappa shape index (κ1) is 16.8. The highest BCUT2D eigenvalue weighted by molar-refractivity contribution is 6.01. The van der Waals surface area contributed by atoms with E-state index in [1.165, 1.54) is 0 Å². The van der Waals surface area contributed by atoms with Crippen LogP contribution in [0.2, 0.25) is 0 Å². The molecule has 1 N–H and O–H groups in total. The largest absolute Gasteiger partial charge is 0.454 e. The molecule has 1 saturated carbocycles. The summed E-state index contributed by atoms with van der Waals surface area (Å²) in [4.78, 5) is 17.6. The van der Waals surface area contributed by atoms with E-state index in [0.29, 0.717) is 11.6 Å².